The van der Waals surface area contributed by atoms with Crippen molar-refractivity contribution in [2.45, 2.75) is 55.9 Å². The second-order valence-electron chi connectivity index (χ2n) is 8.25. The molecule has 1 aromatic carbocycles. The molecule has 0 saturated heterocycles. The summed E-state index contributed by atoms with van der Waals surface area (Å²) in [4.78, 5) is 4.71. The molecule has 1 aromatic heterocycles. The first kappa shape index (κ1) is 14.3. The lowest BCUT2D eigenvalue weighted by Gasteiger charge is -2.26. The van der Waals surface area contributed by atoms with Crippen LogP contribution in [0.25, 0.3) is 5.69 Å². The number of hydrogen-bond donors (Lipinski definition) is 1. The molecule has 0 amide bonds. The molecule has 3 heterocycles. The Balaban J connectivity index is 1.46. The van der Waals surface area contributed by atoms with Gasteiger partial charge in [-0.1, -0.05) is 18.6 Å². The number of benzene rings is 1. The second kappa shape index (κ2) is 5.04. The first-order chi connectivity index (χ1) is 12.3. The quantitative estimate of drug-likeness (QED) is 0.915. The number of nitrogens with one attached hydrogen (secondary N) is 1. The topological polar surface area (TPSA) is 42.2 Å². The number of hydrogen-bond acceptors (Lipinski definition) is 3. The molecule has 0 radical (unpaired) electrons. The number of aliphatic imine (C=N–C) groups is 1. The van der Waals surface area contributed by atoms with Crippen molar-refractivity contribution in [1.82, 2.24) is 15.1 Å². The van der Waals surface area contributed by atoms with Crippen LogP contribution < -0.4 is 5.32 Å². The van der Waals surface area contributed by atoms with Crippen molar-refractivity contribution in [2.75, 3.05) is 13.1 Å². The van der Waals surface area contributed by atoms with Gasteiger partial charge in [-0.05, 0) is 49.3 Å². The van der Waals surface area contributed by atoms with Gasteiger partial charge in [-0.2, -0.15) is 5.10 Å². The highest BCUT2D eigenvalue weighted by Crippen LogP contribution is 2.51. The Morgan fingerprint density at radius 3 is 2.68 bits per heavy atom. The minimum absolute atomic E-state index is 0.134. The zero-order chi connectivity index (χ0) is 16.4. The minimum atomic E-state index is 0.134. The molecule has 2 aliphatic heterocycles. The molecule has 4 aliphatic rings. The van der Waals surface area contributed by atoms with E-state index in [0.717, 1.165) is 25.4 Å². The summed E-state index contributed by atoms with van der Waals surface area (Å²) in [7, 11) is 0. The fraction of sp³-hybridized carbons (Fsp3) is 0.524. The van der Waals surface area contributed by atoms with Gasteiger partial charge in [0.1, 0.15) is 0 Å². The van der Waals surface area contributed by atoms with Crippen LogP contribution in [0.3, 0.4) is 0 Å². The number of nitrogens with zero attached hydrogens (tertiary/aromatic N) is 3. The highest BCUT2D eigenvalue weighted by Gasteiger charge is 2.50. The van der Waals surface area contributed by atoms with Crippen LogP contribution in [0.4, 0.5) is 0 Å². The SMILES string of the molecule is C1=NCC2NCCc3c2c(nn3-c2ccc(C3CCC3)cc2)C12CC2. The maximum Gasteiger partial charge on any atom is 0.0795 e. The van der Waals surface area contributed by atoms with Crippen LogP contribution in [-0.4, -0.2) is 29.1 Å². The summed E-state index contributed by atoms with van der Waals surface area (Å²) in [6.07, 6.45) is 9.76. The van der Waals surface area contributed by atoms with Crippen molar-refractivity contribution in [1.29, 1.82) is 0 Å². The summed E-state index contributed by atoms with van der Waals surface area (Å²) in [6.45, 7) is 1.87. The largest absolute Gasteiger partial charge is 0.308 e. The van der Waals surface area contributed by atoms with E-state index in [-0.39, 0.29) is 5.41 Å². The highest BCUT2D eigenvalue weighted by atomic mass is 15.3. The predicted molar refractivity (Wildman–Crippen MR) is 98.9 cm³/mol. The van der Waals surface area contributed by atoms with Crippen molar-refractivity contribution in [2.24, 2.45) is 4.99 Å². The smallest absolute Gasteiger partial charge is 0.0795 e. The lowest BCUT2D eigenvalue weighted by Crippen LogP contribution is -2.32. The van der Waals surface area contributed by atoms with Crippen LogP contribution in [0.1, 0.15) is 66.6 Å². The number of fused-ring (bicyclic) bond motifs is 1. The van der Waals surface area contributed by atoms with Gasteiger partial charge in [0.2, 0.25) is 0 Å². The Labute approximate surface area is 148 Å². The van der Waals surface area contributed by atoms with Crippen LogP contribution >= 0.6 is 0 Å². The van der Waals surface area contributed by atoms with Crippen molar-refractivity contribution >= 4 is 6.21 Å². The van der Waals surface area contributed by atoms with E-state index in [4.69, 9.17) is 10.1 Å². The van der Waals surface area contributed by atoms with E-state index in [9.17, 15) is 0 Å². The molecule has 25 heavy (non-hydrogen) atoms. The summed E-state index contributed by atoms with van der Waals surface area (Å²) in [5.74, 6) is 0.793. The van der Waals surface area contributed by atoms with E-state index in [2.05, 4.69) is 40.5 Å². The molecule has 6 rings (SSSR count). The van der Waals surface area contributed by atoms with Crippen LogP contribution in [0, 0.1) is 0 Å². The van der Waals surface area contributed by atoms with Gasteiger partial charge >= 0.3 is 0 Å². The second-order valence-corrected chi connectivity index (χ2v) is 8.25. The van der Waals surface area contributed by atoms with Crippen molar-refractivity contribution in [3.8, 4) is 5.69 Å². The summed E-state index contributed by atoms with van der Waals surface area (Å²) in [5.41, 5.74) is 7.01. The van der Waals surface area contributed by atoms with Crippen LogP contribution in [0.5, 0.6) is 0 Å². The predicted octanol–water partition coefficient (Wildman–Crippen LogP) is 3.44. The van der Waals surface area contributed by atoms with E-state index >= 15 is 0 Å². The molecule has 2 aliphatic carbocycles. The molecule has 2 aromatic rings. The maximum atomic E-state index is 5.15. The van der Waals surface area contributed by atoms with E-state index in [1.165, 1.54) is 60.3 Å². The van der Waals surface area contributed by atoms with Crippen molar-refractivity contribution < 1.29 is 0 Å². The monoisotopic (exact) mass is 332 g/mol. The van der Waals surface area contributed by atoms with Gasteiger partial charge < -0.3 is 5.32 Å². The Bertz CT molecular complexity index is 853. The van der Waals surface area contributed by atoms with Gasteiger partial charge in [0, 0.05) is 30.2 Å². The average Bonchev–Trinajstić information content (AvgIpc) is 3.29. The van der Waals surface area contributed by atoms with Crippen molar-refractivity contribution in [3.05, 3.63) is 46.8 Å². The van der Waals surface area contributed by atoms with E-state index in [1.54, 1.807) is 0 Å². The van der Waals surface area contributed by atoms with Gasteiger partial charge in [-0.25, -0.2) is 4.68 Å². The number of rotatable bonds is 2. The Hall–Kier alpha value is -1.94. The van der Waals surface area contributed by atoms with Gasteiger partial charge in [-0.3, -0.25) is 4.99 Å². The number of aromatic nitrogens is 2. The summed E-state index contributed by atoms with van der Waals surface area (Å²) in [6, 6.07) is 9.55. The highest BCUT2D eigenvalue weighted by molar-refractivity contribution is 5.79. The normalized spacial score (nSPS) is 26.2. The van der Waals surface area contributed by atoms with Crippen LogP contribution in [0.2, 0.25) is 0 Å². The van der Waals surface area contributed by atoms with Crippen LogP contribution in [0.15, 0.2) is 29.3 Å². The summed E-state index contributed by atoms with van der Waals surface area (Å²) >= 11 is 0. The van der Waals surface area contributed by atoms with Crippen LogP contribution in [-0.2, 0) is 11.8 Å². The molecule has 1 N–H and O–H groups in total. The van der Waals surface area contributed by atoms with E-state index < -0.39 is 0 Å². The average molecular weight is 332 g/mol. The van der Waals surface area contributed by atoms with Gasteiger partial charge in [0.15, 0.2) is 0 Å². The van der Waals surface area contributed by atoms with E-state index in [0.29, 0.717) is 6.04 Å². The van der Waals surface area contributed by atoms with Gasteiger partial charge in [-0.15, -0.1) is 0 Å². The first-order valence-corrected chi connectivity index (χ1v) is 9.81. The minimum Gasteiger partial charge on any atom is -0.308 e. The van der Waals surface area contributed by atoms with Crippen molar-refractivity contribution in [3.63, 3.8) is 0 Å². The molecule has 1 atom stereocenters. The molecular weight excluding hydrogens is 308 g/mol. The third-order valence-corrected chi connectivity index (χ3v) is 6.72. The Kier molecular flexibility index (Phi) is 2.87. The summed E-state index contributed by atoms with van der Waals surface area (Å²) < 4.78 is 2.24. The van der Waals surface area contributed by atoms with Gasteiger partial charge in [0.25, 0.3) is 0 Å². The molecule has 0 bridgehead atoms. The first-order valence-electron chi connectivity index (χ1n) is 9.81. The summed E-state index contributed by atoms with van der Waals surface area (Å²) in [5, 5.41) is 8.81. The van der Waals surface area contributed by atoms with E-state index in [1.807, 2.05) is 0 Å². The Morgan fingerprint density at radius 1 is 1.12 bits per heavy atom. The Morgan fingerprint density at radius 2 is 1.96 bits per heavy atom. The third-order valence-electron chi connectivity index (χ3n) is 6.72. The molecule has 4 nitrogen and oxygen atoms in total. The standard InChI is InChI=1S/C21H24N4/c1-2-14(3-1)15-4-6-16(7-5-15)25-18-8-11-23-17-12-22-13-21(9-10-21)20(24-25)19(17)18/h4-7,13-14,17,23H,1-3,8-12H2. The lowest BCUT2D eigenvalue weighted by atomic mass is 9.80. The van der Waals surface area contributed by atoms with Gasteiger partial charge in [0.05, 0.1) is 29.7 Å². The zero-order valence-corrected chi connectivity index (χ0v) is 14.5. The molecule has 1 unspecified atom stereocenters. The fourth-order valence-electron chi connectivity index (χ4n) is 4.80. The lowest BCUT2D eigenvalue weighted by molar-refractivity contribution is 0.419. The fourth-order valence-corrected chi connectivity index (χ4v) is 4.80. The maximum absolute atomic E-state index is 5.15. The molecule has 2 saturated carbocycles. The zero-order valence-electron chi connectivity index (χ0n) is 14.5. The molecule has 4 heteroatoms. The molecule has 2 fully saturated rings. The molecular formula is C21H24N4. The molecule has 128 valence electrons. The third kappa shape index (κ3) is 2.03. The molecule has 1 spiro atoms.